The molecule has 0 saturated carbocycles. The summed E-state index contributed by atoms with van der Waals surface area (Å²) in [6.07, 6.45) is 0.390. The number of benzene rings is 2. The molecule has 2 aliphatic heterocycles. The van der Waals surface area contributed by atoms with Gasteiger partial charge in [-0.2, -0.15) is 0 Å². The molecule has 4 rings (SSSR count). The van der Waals surface area contributed by atoms with E-state index in [1.165, 1.54) is 0 Å². The van der Waals surface area contributed by atoms with E-state index >= 15 is 0 Å². The molecule has 0 spiro atoms. The molecule has 27 heavy (non-hydrogen) atoms. The SMILES string of the molecule is O=C1CCC(=O)N1CCN1C(=O)S[C@H](Nc2cccc3ccccc23)C1=O. The van der Waals surface area contributed by atoms with Crippen molar-refractivity contribution in [2.75, 3.05) is 18.4 Å². The molecule has 138 valence electrons. The third kappa shape index (κ3) is 3.28. The molecule has 0 aliphatic carbocycles. The highest BCUT2D eigenvalue weighted by molar-refractivity contribution is 8.15. The van der Waals surface area contributed by atoms with E-state index in [0.29, 0.717) is 0 Å². The summed E-state index contributed by atoms with van der Waals surface area (Å²) in [5.41, 5.74) is 0.776. The van der Waals surface area contributed by atoms with Crippen molar-refractivity contribution in [1.29, 1.82) is 0 Å². The largest absolute Gasteiger partial charge is 0.365 e. The van der Waals surface area contributed by atoms with Crippen molar-refractivity contribution in [3.05, 3.63) is 42.5 Å². The van der Waals surface area contributed by atoms with Crippen LogP contribution < -0.4 is 5.32 Å². The summed E-state index contributed by atoms with van der Waals surface area (Å²) >= 11 is 0.907. The maximum atomic E-state index is 12.7. The van der Waals surface area contributed by atoms with Gasteiger partial charge in [-0.25, -0.2) is 0 Å². The number of amides is 4. The molecular weight excluding hydrogens is 366 g/mol. The van der Waals surface area contributed by atoms with Gasteiger partial charge in [-0.3, -0.25) is 29.0 Å². The first-order valence-electron chi connectivity index (χ1n) is 8.64. The first kappa shape index (κ1) is 17.5. The highest BCUT2D eigenvalue weighted by Crippen LogP contribution is 2.31. The Morgan fingerprint density at radius 2 is 1.56 bits per heavy atom. The lowest BCUT2D eigenvalue weighted by Crippen LogP contribution is -2.41. The van der Waals surface area contributed by atoms with Crippen LogP contribution in [0.1, 0.15) is 12.8 Å². The van der Waals surface area contributed by atoms with Crippen LogP contribution in [0.2, 0.25) is 0 Å². The zero-order chi connectivity index (χ0) is 19.0. The van der Waals surface area contributed by atoms with Gasteiger partial charge in [-0.05, 0) is 23.2 Å². The lowest BCUT2D eigenvalue weighted by Gasteiger charge is -2.19. The molecule has 2 aromatic carbocycles. The summed E-state index contributed by atoms with van der Waals surface area (Å²) in [7, 11) is 0. The number of thioether (sulfide) groups is 1. The first-order valence-corrected chi connectivity index (χ1v) is 9.52. The van der Waals surface area contributed by atoms with Crippen LogP contribution in [0, 0.1) is 0 Å². The zero-order valence-corrected chi connectivity index (χ0v) is 15.2. The number of nitrogens with one attached hydrogen (secondary N) is 1. The van der Waals surface area contributed by atoms with Crippen LogP contribution in [0.5, 0.6) is 0 Å². The topological polar surface area (TPSA) is 86.8 Å². The third-order valence-corrected chi connectivity index (χ3v) is 5.68. The molecule has 8 heteroatoms. The fourth-order valence-corrected chi connectivity index (χ4v) is 4.23. The van der Waals surface area contributed by atoms with Crippen molar-refractivity contribution in [2.45, 2.75) is 18.2 Å². The van der Waals surface area contributed by atoms with Crippen molar-refractivity contribution in [3.63, 3.8) is 0 Å². The number of hydrogen-bond acceptors (Lipinski definition) is 6. The van der Waals surface area contributed by atoms with Crippen LogP contribution in [0.4, 0.5) is 10.5 Å². The Kier molecular flexibility index (Phi) is 4.57. The van der Waals surface area contributed by atoms with E-state index in [1.807, 2.05) is 42.5 Å². The molecule has 1 atom stereocenters. The standard InChI is InChI=1S/C19H17N3O4S/c23-15-8-9-16(24)21(15)10-11-22-18(25)17(27-19(22)26)20-14-7-3-5-12-4-1-2-6-13(12)14/h1-7,17,20H,8-11H2/t17-/m0/s1. The lowest BCUT2D eigenvalue weighted by atomic mass is 10.1. The molecule has 0 radical (unpaired) electrons. The smallest absolute Gasteiger partial charge is 0.290 e. The first-order chi connectivity index (χ1) is 13.0. The van der Waals surface area contributed by atoms with Gasteiger partial charge in [-0.15, -0.1) is 0 Å². The van der Waals surface area contributed by atoms with Crippen molar-refractivity contribution in [1.82, 2.24) is 9.80 Å². The minimum absolute atomic E-state index is 0.0237. The summed E-state index contributed by atoms with van der Waals surface area (Å²) in [6, 6.07) is 13.5. The fraction of sp³-hybridized carbons (Fsp3) is 0.263. The Morgan fingerprint density at radius 3 is 2.33 bits per heavy atom. The molecule has 0 unspecified atom stereocenters. The predicted octanol–water partition coefficient (Wildman–Crippen LogP) is 2.42. The number of imide groups is 2. The highest BCUT2D eigenvalue weighted by atomic mass is 32.2. The molecular formula is C19H17N3O4S. The molecule has 2 saturated heterocycles. The lowest BCUT2D eigenvalue weighted by molar-refractivity contribution is -0.139. The van der Waals surface area contributed by atoms with Crippen LogP contribution >= 0.6 is 11.8 Å². The van der Waals surface area contributed by atoms with Gasteiger partial charge in [0.1, 0.15) is 0 Å². The highest BCUT2D eigenvalue weighted by Gasteiger charge is 2.40. The number of anilines is 1. The number of rotatable bonds is 5. The average molecular weight is 383 g/mol. The summed E-state index contributed by atoms with van der Waals surface area (Å²) in [5, 5.41) is 4.04. The predicted molar refractivity (Wildman–Crippen MR) is 102 cm³/mol. The van der Waals surface area contributed by atoms with Crippen LogP contribution in [0.3, 0.4) is 0 Å². The van der Waals surface area contributed by atoms with E-state index in [9.17, 15) is 19.2 Å². The van der Waals surface area contributed by atoms with Crippen molar-refractivity contribution >= 4 is 51.2 Å². The van der Waals surface area contributed by atoms with E-state index in [-0.39, 0.29) is 48.9 Å². The summed E-state index contributed by atoms with van der Waals surface area (Å²) in [4.78, 5) is 50.5. The Bertz CT molecular complexity index is 940. The minimum atomic E-state index is -0.728. The zero-order valence-electron chi connectivity index (χ0n) is 14.4. The van der Waals surface area contributed by atoms with Gasteiger partial charge in [0.05, 0.1) is 0 Å². The second-order valence-corrected chi connectivity index (χ2v) is 7.42. The molecule has 2 aliphatic rings. The van der Waals surface area contributed by atoms with E-state index in [0.717, 1.165) is 38.0 Å². The van der Waals surface area contributed by atoms with E-state index in [1.54, 1.807) is 0 Å². The minimum Gasteiger partial charge on any atom is -0.365 e. The van der Waals surface area contributed by atoms with E-state index in [2.05, 4.69) is 5.32 Å². The maximum Gasteiger partial charge on any atom is 0.290 e. The average Bonchev–Trinajstić information content (AvgIpc) is 3.12. The van der Waals surface area contributed by atoms with Crippen LogP contribution in [-0.2, 0) is 14.4 Å². The third-order valence-electron chi connectivity index (χ3n) is 4.71. The number of carbonyl (C=O) groups excluding carboxylic acids is 4. The molecule has 0 aromatic heterocycles. The number of fused-ring (bicyclic) bond motifs is 1. The molecule has 2 aromatic rings. The van der Waals surface area contributed by atoms with Crippen molar-refractivity contribution in [3.8, 4) is 0 Å². The van der Waals surface area contributed by atoms with Crippen LogP contribution in [0.15, 0.2) is 42.5 Å². The second-order valence-electron chi connectivity index (χ2n) is 6.36. The Balaban J connectivity index is 1.46. The van der Waals surface area contributed by atoms with Crippen LogP contribution in [-0.4, -0.2) is 51.2 Å². The number of hydrogen-bond donors (Lipinski definition) is 1. The van der Waals surface area contributed by atoms with Gasteiger partial charge in [-0.1, -0.05) is 36.4 Å². The van der Waals surface area contributed by atoms with Crippen LogP contribution in [0.25, 0.3) is 10.8 Å². The second kappa shape index (κ2) is 7.03. The van der Waals surface area contributed by atoms with Gasteiger partial charge in [0, 0.05) is 37.0 Å². The molecule has 7 nitrogen and oxygen atoms in total. The Hall–Kier alpha value is -2.87. The van der Waals surface area contributed by atoms with Gasteiger partial charge in [0.15, 0.2) is 5.37 Å². The molecule has 0 bridgehead atoms. The normalized spacial score (nSPS) is 20.2. The van der Waals surface area contributed by atoms with Crippen molar-refractivity contribution < 1.29 is 19.2 Å². The van der Waals surface area contributed by atoms with Gasteiger partial charge < -0.3 is 5.32 Å². The molecule has 4 amide bonds. The molecule has 1 N–H and O–H groups in total. The summed E-state index contributed by atoms with van der Waals surface area (Å²) < 4.78 is 0. The molecule has 2 fully saturated rings. The number of likely N-dealkylation sites (tertiary alicyclic amines) is 1. The van der Waals surface area contributed by atoms with E-state index in [4.69, 9.17) is 0 Å². The number of nitrogens with zero attached hydrogens (tertiary/aromatic N) is 2. The van der Waals surface area contributed by atoms with Gasteiger partial charge in [0.2, 0.25) is 11.8 Å². The maximum absolute atomic E-state index is 12.7. The Labute approximate surface area is 159 Å². The number of carbonyl (C=O) groups is 4. The summed E-state index contributed by atoms with van der Waals surface area (Å²) in [6.45, 7) is 0.0760. The van der Waals surface area contributed by atoms with Gasteiger partial charge in [0.25, 0.3) is 11.1 Å². The van der Waals surface area contributed by atoms with E-state index < -0.39 is 5.37 Å². The Morgan fingerprint density at radius 1 is 0.889 bits per heavy atom. The quantitative estimate of drug-likeness (QED) is 0.798. The fourth-order valence-electron chi connectivity index (χ4n) is 3.30. The summed E-state index contributed by atoms with van der Waals surface area (Å²) in [5.74, 6) is -0.869. The molecule has 2 heterocycles. The van der Waals surface area contributed by atoms with Gasteiger partial charge >= 0.3 is 0 Å². The van der Waals surface area contributed by atoms with Crippen molar-refractivity contribution in [2.24, 2.45) is 0 Å². The monoisotopic (exact) mass is 383 g/mol.